The van der Waals surface area contributed by atoms with Gasteiger partial charge in [-0.25, -0.2) is 0 Å². The molecule has 2 aromatic rings. The molecule has 1 atom stereocenters. The molecular weight excluding hydrogens is 298 g/mol. The summed E-state index contributed by atoms with van der Waals surface area (Å²) in [5.74, 6) is 2.06. The zero-order valence-electron chi connectivity index (χ0n) is 10.00. The number of furan rings is 1. The van der Waals surface area contributed by atoms with E-state index in [-0.39, 0.29) is 6.04 Å². The van der Waals surface area contributed by atoms with Crippen molar-refractivity contribution in [3.63, 3.8) is 0 Å². The van der Waals surface area contributed by atoms with E-state index in [0.29, 0.717) is 0 Å². The van der Waals surface area contributed by atoms with E-state index < -0.39 is 0 Å². The first kappa shape index (κ1) is 12.9. The highest BCUT2D eigenvalue weighted by Crippen LogP contribution is 2.28. The number of hydrogen-bond donors (Lipinski definition) is 1. The van der Waals surface area contributed by atoms with E-state index in [4.69, 9.17) is 4.42 Å². The predicted molar refractivity (Wildman–Crippen MR) is 75.6 cm³/mol. The van der Waals surface area contributed by atoms with Gasteiger partial charge >= 0.3 is 0 Å². The molecule has 2 aromatic heterocycles. The second-order valence-electron chi connectivity index (χ2n) is 3.89. The Labute approximate surface area is 114 Å². The molecule has 92 valence electrons. The Bertz CT molecular complexity index is 477. The van der Waals surface area contributed by atoms with E-state index in [1.807, 2.05) is 7.05 Å². The van der Waals surface area contributed by atoms with Crippen molar-refractivity contribution < 1.29 is 4.42 Å². The number of nitrogens with one attached hydrogen (secondary N) is 1. The molecule has 4 heteroatoms. The van der Waals surface area contributed by atoms with Gasteiger partial charge in [0.05, 0.1) is 6.04 Å². The van der Waals surface area contributed by atoms with E-state index in [0.717, 1.165) is 24.4 Å². The number of hydrogen-bond acceptors (Lipinski definition) is 3. The minimum absolute atomic E-state index is 0.241. The Morgan fingerprint density at radius 2 is 2.24 bits per heavy atom. The van der Waals surface area contributed by atoms with E-state index in [1.165, 1.54) is 9.35 Å². The first-order valence-electron chi connectivity index (χ1n) is 5.72. The minimum atomic E-state index is 0.241. The fraction of sp³-hybridized carbons (Fsp3) is 0.385. The van der Waals surface area contributed by atoms with Gasteiger partial charge < -0.3 is 9.73 Å². The molecule has 0 aliphatic heterocycles. The standard InChI is InChI=1S/C13H16BrNOS/c1-3-9-4-5-12(16-9)11(15-2)8-13-10(14)6-7-17-13/h4-7,11,15H,3,8H2,1-2H3. The quantitative estimate of drug-likeness (QED) is 0.896. The van der Waals surface area contributed by atoms with Crippen molar-refractivity contribution in [1.82, 2.24) is 5.32 Å². The largest absolute Gasteiger partial charge is 0.464 e. The first-order chi connectivity index (χ1) is 8.24. The summed E-state index contributed by atoms with van der Waals surface area (Å²) in [5, 5.41) is 5.42. The summed E-state index contributed by atoms with van der Waals surface area (Å²) in [5.41, 5.74) is 0. The highest BCUT2D eigenvalue weighted by atomic mass is 79.9. The van der Waals surface area contributed by atoms with Gasteiger partial charge in [-0.2, -0.15) is 0 Å². The van der Waals surface area contributed by atoms with Crippen LogP contribution in [0.1, 0.15) is 29.4 Å². The first-order valence-corrected chi connectivity index (χ1v) is 7.39. The lowest BCUT2D eigenvalue weighted by molar-refractivity contribution is 0.408. The number of halogens is 1. The van der Waals surface area contributed by atoms with Crippen molar-refractivity contribution in [3.05, 3.63) is 44.4 Å². The van der Waals surface area contributed by atoms with Crippen LogP contribution in [0.3, 0.4) is 0 Å². The summed E-state index contributed by atoms with van der Waals surface area (Å²) in [7, 11) is 1.97. The Morgan fingerprint density at radius 1 is 1.41 bits per heavy atom. The molecule has 0 aliphatic carbocycles. The minimum Gasteiger partial charge on any atom is -0.464 e. The molecule has 2 heterocycles. The van der Waals surface area contributed by atoms with E-state index in [2.05, 4.69) is 51.7 Å². The molecular formula is C13H16BrNOS. The molecule has 0 saturated heterocycles. The molecule has 0 bridgehead atoms. The lowest BCUT2D eigenvalue weighted by Crippen LogP contribution is -2.17. The van der Waals surface area contributed by atoms with Crippen LogP contribution < -0.4 is 5.32 Å². The highest BCUT2D eigenvalue weighted by Gasteiger charge is 2.16. The second-order valence-corrected chi connectivity index (χ2v) is 5.75. The van der Waals surface area contributed by atoms with Crippen molar-refractivity contribution >= 4 is 27.3 Å². The molecule has 0 aliphatic rings. The zero-order chi connectivity index (χ0) is 12.3. The van der Waals surface area contributed by atoms with Gasteiger partial charge in [-0.15, -0.1) is 11.3 Å². The fourth-order valence-corrected chi connectivity index (χ4v) is 3.33. The normalized spacial score (nSPS) is 12.9. The van der Waals surface area contributed by atoms with E-state index in [9.17, 15) is 0 Å². The number of likely N-dealkylation sites (N-methyl/N-ethyl adjacent to an activating group) is 1. The molecule has 0 radical (unpaired) electrons. The lowest BCUT2D eigenvalue weighted by atomic mass is 10.1. The average Bonchev–Trinajstić information content (AvgIpc) is 2.95. The van der Waals surface area contributed by atoms with Crippen molar-refractivity contribution in [2.75, 3.05) is 7.05 Å². The van der Waals surface area contributed by atoms with Crippen LogP contribution in [0.25, 0.3) is 0 Å². The molecule has 0 aromatic carbocycles. The van der Waals surface area contributed by atoms with Gasteiger partial charge in [0.2, 0.25) is 0 Å². The fourth-order valence-electron chi connectivity index (χ4n) is 1.77. The smallest absolute Gasteiger partial charge is 0.121 e. The van der Waals surface area contributed by atoms with Crippen LogP contribution in [0, 0.1) is 0 Å². The molecule has 17 heavy (non-hydrogen) atoms. The monoisotopic (exact) mass is 313 g/mol. The van der Waals surface area contributed by atoms with Crippen LogP contribution in [-0.4, -0.2) is 7.05 Å². The van der Waals surface area contributed by atoms with Crippen molar-refractivity contribution in [3.8, 4) is 0 Å². The number of rotatable bonds is 5. The number of thiophene rings is 1. The third-order valence-corrected chi connectivity index (χ3v) is 4.75. The zero-order valence-corrected chi connectivity index (χ0v) is 12.4. The average molecular weight is 314 g/mol. The Kier molecular flexibility index (Phi) is 4.42. The van der Waals surface area contributed by atoms with Gasteiger partial charge in [-0.3, -0.25) is 0 Å². The van der Waals surface area contributed by atoms with Gasteiger partial charge in [0.15, 0.2) is 0 Å². The van der Waals surface area contributed by atoms with Crippen molar-refractivity contribution in [1.29, 1.82) is 0 Å². The SMILES string of the molecule is CCc1ccc(C(Cc2sccc2Br)NC)o1. The Hall–Kier alpha value is -0.580. The lowest BCUT2D eigenvalue weighted by Gasteiger charge is -2.12. The summed E-state index contributed by atoms with van der Waals surface area (Å²) < 4.78 is 6.99. The molecule has 1 N–H and O–H groups in total. The molecule has 0 fully saturated rings. The highest BCUT2D eigenvalue weighted by molar-refractivity contribution is 9.10. The summed E-state index contributed by atoms with van der Waals surface area (Å²) >= 11 is 5.34. The van der Waals surface area contributed by atoms with Crippen molar-refractivity contribution in [2.45, 2.75) is 25.8 Å². The number of aryl methyl sites for hydroxylation is 1. The predicted octanol–water partition coefficient (Wildman–Crippen LogP) is 4.17. The third-order valence-electron chi connectivity index (χ3n) is 2.80. The molecule has 1 unspecified atom stereocenters. The third kappa shape index (κ3) is 3.00. The summed E-state index contributed by atoms with van der Waals surface area (Å²) in [6.07, 6.45) is 1.89. The second kappa shape index (κ2) is 5.85. The van der Waals surface area contributed by atoms with Crippen LogP contribution in [0.5, 0.6) is 0 Å². The van der Waals surface area contributed by atoms with Gasteiger partial charge in [0.25, 0.3) is 0 Å². The maximum absolute atomic E-state index is 5.80. The van der Waals surface area contributed by atoms with Crippen molar-refractivity contribution in [2.24, 2.45) is 0 Å². The molecule has 2 nitrogen and oxygen atoms in total. The van der Waals surface area contributed by atoms with Gasteiger partial charge in [0.1, 0.15) is 11.5 Å². The molecule has 2 rings (SSSR count). The van der Waals surface area contributed by atoms with Crippen LogP contribution in [0.15, 0.2) is 32.5 Å². The van der Waals surface area contributed by atoms with Crippen LogP contribution in [-0.2, 0) is 12.8 Å². The van der Waals surface area contributed by atoms with Gasteiger partial charge in [-0.05, 0) is 46.6 Å². The topological polar surface area (TPSA) is 25.2 Å². The summed E-state index contributed by atoms with van der Waals surface area (Å²) in [4.78, 5) is 1.35. The van der Waals surface area contributed by atoms with E-state index >= 15 is 0 Å². The van der Waals surface area contributed by atoms with Crippen LogP contribution in [0.2, 0.25) is 0 Å². The maximum atomic E-state index is 5.80. The van der Waals surface area contributed by atoms with E-state index in [1.54, 1.807) is 11.3 Å². The van der Waals surface area contributed by atoms with Gasteiger partial charge in [0, 0.05) is 22.2 Å². The summed E-state index contributed by atoms with van der Waals surface area (Å²) in [6, 6.07) is 6.46. The Balaban J connectivity index is 2.14. The Morgan fingerprint density at radius 3 is 2.76 bits per heavy atom. The summed E-state index contributed by atoms with van der Waals surface area (Å²) in [6.45, 7) is 2.10. The molecule has 0 saturated carbocycles. The van der Waals surface area contributed by atoms with Crippen LogP contribution >= 0.6 is 27.3 Å². The van der Waals surface area contributed by atoms with Gasteiger partial charge in [-0.1, -0.05) is 6.92 Å². The molecule has 0 amide bonds. The molecule has 0 spiro atoms. The van der Waals surface area contributed by atoms with Crippen LogP contribution in [0.4, 0.5) is 0 Å². The maximum Gasteiger partial charge on any atom is 0.121 e.